The first-order valence-electron chi connectivity index (χ1n) is 9.00. The van der Waals surface area contributed by atoms with Crippen LogP contribution in [0.1, 0.15) is 42.0 Å². The second kappa shape index (κ2) is 7.62. The summed E-state index contributed by atoms with van der Waals surface area (Å²) in [6.45, 7) is 3.94. The predicted molar refractivity (Wildman–Crippen MR) is 103 cm³/mol. The summed E-state index contributed by atoms with van der Waals surface area (Å²) in [5, 5.41) is 3.04. The van der Waals surface area contributed by atoms with E-state index < -0.39 is 9.84 Å². The Balaban J connectivity index is 1.62. The average Bonchev–Trinajstić information content (AvgIpc) is 3.44. The Morgan fingerprint density at radius 1 is 1.00 bits per heavy atom. The lowest BCUT2D eigenvalue weighted by atomic mass is 10.0. The third kappa shape index (κ3) is 4.73. The second-order valence-corrected chi connectivity index (χ2v) is 9.28. The zero-order valence-electron chi connectivity index (χ0n) is 15.2. The smallest absolute Gasteiger partial charge is 0.221 e. The van der Waals surface area contributed by atoms with Gasteiger partial charge in [0.05, 0.1) is 16.7 Å². The fraction of sp³-hybridized carbons (Fsp3) is 0.381. The van der Waals surface area contributed by atoms with E-state index in [1.54, 1.807) is 24.3 Å². The first-order valence-corrected chi connectivity index (χ1v) is 10.7. The third-order valence-corrected chi connectivity index (χ3v) is 6.56. The molecule has 2 aromatic carbocycles. The molecule has 26 heavy (non-hydrogen) atoms. The maximum Gasteiger partial charge on any atom is 0.221 e. The van der Waals surface area contributed by atoms with Crippen LogP contribution in [-0.2, 0) is 14.6 Å². The van der Waals surface area contributed by atoms with Gasteiger partial charge in [0, 0.05) is 6.42 Å². The summed E-state index contributed by atoms with van der Waals surface area (Å²) >= 11 is 0. The van der Waals surface area contributed by atoms with Crippen LogP contribution in [0.15, 0.2) is 53.4 Å². The van der Waals surface area contributed by atoms with Crippen LogP contribution in [0.5, 0.6) is 0 Å². The van der Waals surface area contributed by atoms with E-state index >= 15 is 0 Å². The molecule has 0 spiro atoms. The van der Waals surface area contributed by atoms with Gasteiger partial charge in [-0.1, -0.05) is 47.5 Å². The minimum absolute atomic E-state index is 0.0225. The van der Waals surface area contributed by atoms with Crippen molar-refractivity contribution in [1.29, 1.82) is 0 Å². The fourth-order valence-corrected chi connectivity index (χ4v) is 4.25. The number of amides is 1. The Labute approximate surface area is 155 Å². The zero-order chi connectivity index (χ0) is 18.7. The van der Waals surface area contributed by atoms with Crippen molar-refractivity contribution in [2.75, 3.05) is 5.75 Å². The Kier molecular flexibility index (Phi) is 5.47. The molecule has 2 aromatic rings. The highest BCUT2D eigenvalue weighted by Crippen LogP contribution is 2.41. The van der Waals surface area contributed by atoms with E-state index in [1.807, 2.05) is 38.1 Å². The Morgan fingerprint density at radius 3 is 2.08 bits per heavy atom. The molecule has 0 saturated heterocycles. The van der Waals surface area contributed by atoms with E-state index in [4.69, 9.17) is 0 Å². The number of carbonyl (C=O) groups excluding carboxylic acids is 1. The molecule has 1 N–H and O–H groups in total. The van der Waals surface area contributed by atoms with Crippen molar-refractivity contribution in [2.45, 2.75) is 44.0 Å². The fourth-order valence-electron chi connectivity index (χ4n) is 3.01. The maximum atomic E-state index is 12.4. The van der Waals surface area contributed by atoms with Crippen LogP contribution in [0.3, 0.4) is 0 Å². The molecule has 0 aliphatic heterocycles. The van der Waals surface area contributed by atoms with Gasteiger partial charge in [-0.15, -0.1) is 0 Å². The summed E-state index contributed by atoms with van der Waals surface area (Å²) < 4.78 is 24.8. The molecule has 0 aromatic heterocycles. The van der Waals surface area contributed by atoms with Gasteiger partial charge in [0.15, 0.2) is 9.84 Å². The number of sulfone groups is 1. The van der Waals surface area contributed by atoms with Gasteiger partial charge in [-0.05, 0) is 50.3 Å². The molecule has 1 amide bonds. The van der Waals surface area contributed by atoms with Crippen LogP contribution in [-0.4, -0.2) is 20.1 Å². The van der Waals surface area contributed by atoms with Crippen molar-refractivity contribution in [1.82, 2.24) is 5.32 Å². The molecule has 0 bridgehead atoms. The lowest BCUT2D eigenvalue weighted by molar-refractivity contribution is -0.121. The zero-order valence-corrected chi connectivity index (χ0v) is 16.1. The molecular weight excluding hydrogens is 346 g/mol. The molecule has 1 fully saturated rings. The number of carbonyl (C=O) groups is 1. The van der Waals surface area contributed by atoms with E-state index in [0.717, 1.165) is 24.0 Å². The molecule has 3 rings (SSSR count). The van der Waals surface area contributed by atoms with Crippen LogP contribution in [0.25, 0.3) is 0 Å². The largest absolute Gasteiger partial charge is 0.349 e. The van der Waals surface area contributed by atoms with Crippen LogP contribution in [0.4, 0.5) is 0 Å². The monoisotopic (exact) mass is 371 g/mol. The van der Waals surface area contributed by atoms with E-state index in [-0.39, 0.29) is 29.0 Å². The Hall–Kier alpha value is -2.14. The molecule has 4 nitrogen and oxygen atoms in total. The minimum atomic E-state index is -3.44. The van der Waals surface area contributed by atoms with Gasteiger partial charge < -0.3 is 5.32 Å². The van der Waals surface area contributed by atoms with Crippen LogP contribution >= 0.6 is 0 Å². The van der Waals surface area contributed by atoms with Gasteiger partial charge in [0.25, 0.3) is 0 Å². The first kappa shape index (κ1) is 18.6. The van der Waals surface area contributed by atoms with Gasteiger partial charge in [0.1, 0.15) is 0 Å². The summed E-state index contributed by atoms with van der Waals surface area (Å²) in [4.78, 5) is 12.7. The average molecular weight is 372 g/mol. The molecule has 0 radical (unpaired) electrons. The highest BCUT2D eigenvalue weighted by atomic mass is 32.2. The lowest BCUT2D eigenvalue weighted by Crippen LogP contribution is -2.31. The first-order chi connectivity index (χ1) is 12.3. The highest BCUT2D eigenvalue weighted by molar-refractivity contribution is 7.91. The quantitative estimate of drug-likeness (QED) is 0.806. The molecule has 0 heterocycles. The summed E-state index contributed by atoms with van der Waals surface area (Å²) in [5.74, 6) is 0.0706. The summed E-state index contributed by atoms with van der Waals surface area (Å²) in [6.07, 6.45) is 2.17. The number of aryl methyl sites for hydroxylation is 2. The molecule has 5 heteroatoms. The number of rotatable bonds is 7. The van der Waals surface area contributed by atoms with Gasteiger partial charge >= 0.3 is 0 Å². The summed E-state index contributed by atoms with van der Waals surface area (Å²) in [5.41, 5.74) is 3.28. The molecule has 138 valence electrons. The van der Waals surface area contributed by atoms with Gasteiger partial charge in [0.2, 0.25) is 5.91 Å². The van der Waals surface area contributed by atoms with Crippen LogP contribution < -0.4 is 5.32 Å². The predicted octanol–water partition coefficient (Wildman–Crippen LogP) is 3.73. The third-order valence-electron chi connectivity index (χ3n) is 4.82. The lowest BCUT2D eigenvalue weighted by Gasteiger charge is -2.19. The van der Waals surface area contributed by atoms with Crippen molar-refractivity contribution in [3.8, 4) is 0 Å². The minimum Gasteiger partial charge on any atom is -0.349 e. The molecule has 1 saturated carbocycles. The van der Waals surface area contributed by atoms with E-state index in [1.165, 1.54) is 5.56 Å². The molecule has 1 atom stereocenters. The number of hydrogen-bond donors (Lipinski definition) is 1. The molecule has 1 unspecified atom stereocenters. The number of benzene rings is 2. The second-order valence-electron chi connectivity index (χ2n) is 7.18. The van der Waals surface area contributed by atoms with Gasteiger partial charge in [-0.25, -0.2) is 8.42 Å². The van der Waals surface area contributed by atoms with E-state index in [0.29, 0.717) is 5.92 Å². The Morgan fingerprint density at radius 2 is 1.54 bits per heavy atom. The van der Waals surface area contributed by atoms with E-state index in [2.05, 4.69) is 5.32 Å². The molecule has 1 aliphatic carbocycles. The van der Waals surface area contributed by atoms with Crippen LogP contribution in [0, 0.1) is 19.8 Å². The normalized spacial score (nSPS) is 15.5. The van der Waals surface area contributed by atoms with Crippen LogP contribution in [0.2, 0.25) is 0 Å². The Bertz CT molecular complexity index is 866. The van der Waals surface area contributed by atoms with Crippen molar-refractivity contribution < 1.29 is 13.2 Å². The SMILES string of the molecule is Cc1ccc(C(NC(=O)CCS(=O)(=O)c2ccc(C)cc2)C2CC2)cc1. The summed E-state index contributed by atoms with van der Waals surface area (Å²) in [7, 11) is -3.44. The topological polar surface area (TPSA) is 63.2 Å². The standard InChI is InChI=1S/C21H25NO3S/c1-15-3-7-17(8-4-15)21(18-9-10-18)22-20(23)13-14-26(24,25)19-11-5-16(2)6-12-19/h3-8,11-12,18,21H,9-10,13-14H2,1-2H3,(H,22,23). The highest BCUT2D eigenvalue weighted by Gasteiger charge is 2.33. The number of nitrogens with one attached hydrogen (secondary N) is 1. The van der Waals surface area contributed by atoms with Gasteiger partial charge in [-0.3, -0.25) is 4.79 Å². The van der Waals surface area contributed by atoms with Crippen molar-refractivity contribution in [2.24, 2.45) is 5.92 Å². The maximum absolute atomic E-state index is 12.4. The van der Waals surface area contributed by atoms with Crippen molar-refractivity contribution in [3.05, 3.63) is 65.2 Å². The number of hydrogen-bond acceptors (Lipinski definition) is 3. The molecule has 1 aliphatic rings. The summed E-state index contributed by atoms with van der Waals surface area (Å²) in [6, 6.07) is 14.9. The van der Waals surface area contributed by atoms with E-state index in [9.17, 15) is 13.2 Å². The van der Waals surface area contributed by atoms with Crippen molar-refractivity contribution in [3.63, 3.8) is 0 Å². The molecular formula is C21H25NO3S. The van der Waals surface area contributed by atoms with Gasteiger partial charge in [-0.2, -0.15) is 0 Å². The van der Waals surface area contributed by atoms with Crippen molar-refractivity contribution >= 4 is 15.7 Å².